The molecule has 0 aliphatic carbocycles. The maximum atomic E-state index is 12.2. The van der Waals surface area contributed by atoms with Gasteiger partial charge in [0.15, 0.2) is 0 Å². The molecule has 130 valence electrons. The van der Waals surface area contributed by atoms with E-state index in [1.54, 1.807) is 36.8 Å². The van der Waals surface area contributed by atoms with Crippen LogP contribution in [0.5, 0.6) is 0 Å². The van der Waals surface area contributed by atoms with E-state index in [2.05, 4.69) is 9.97 Å². The molecule has 6 nitrogen and oxygen atoms in total. The lowest BCUT2D eigenvalue weighted by Crippen LogP contribution is -2.10. The molecule has 0 bridgehead atoms. The lowest BCUT2D eigenvalue weighted by Gasteiger charge is -2.12. The van der Waals surface area contributed by atoms with Crippen LogP contribution in [-0.2, 0) is 4.74 Å². The van der Waals surface area contributed by atoms with Gasteiger partial charge in [-0.2, -0.15) is 0 Å². The van der Waals surface area contributed by atoms with Crippen LogP contribution in [0, 0.1) is 6.92 Å². The van der Waals surface area contributed by atoms with Crippen molar-refractivity contribution >= 4 is 28.9 Å². The van der Waals surface area contributed by atoms with Crippen LogP contribution in [0.25, 0.3) is 16.8 Å². The van der Waals surface area contributed by atoms with Crippen LogP contribution in [0.4, 0.5) is 5.82 Å². The Morgan fingerprint density at radius 3 is 2.76 bits per heavy atom. The molecule has 0 N–H and O–H groups in total. The highest BCUT2D eigenvalue weighted by molar-refractivity contribution is 6.31. The normalized spacial score (nSPS) is 10.9. The average Bonchev–Trinajstić information content (AvgIpc) is 3.02. The van der Waals surface area contributed by atoms with Crippen molar-refractivity contribution in [3.8, 4) is 11.3 Å². The average molecular weight is 359 g/mol. The van der Waals surface area contributed by atoms with Gasteiger partial charge >= 0.3 is 5.97 Å². The van der Waals surface area contributed by atoms with Crippen molar-refractivity contribution in [3.05, 3.63) is 47.0 Å². The fraction of sp³-hybridized carbons (Fsp3) is 0.278. The zero-order chi connectivity index (χ0) is 18.1. The number of pyridine rings is 2. The summed E-state index contributed by atoms with van der Waals surface area (Å²) in [5, 5.41) is 0.446. The number of rotatable bonds is 4. The third-order valence-corrected chi connectivity index (χ3v) is 4.45. The summed E-state index contributed by atoms with van der Waals surface area (Å²) < 4.78 is 6.91. The van der Waals surface area contributed by atoms with Gasteiger partial charge in [0.05, 0.1) is 23.4 Å². The van der Waals surface area contributed by atoms with Crippen LogP contribution in [-0.4, -0.2) is 41.0 Å². The lowest BCUT2D eigenvalue weighted by atomic mass is 10.1. The number of carbonyl (C=O) groups is 1. The number of fused-ring (bicyclic) bond motifs is 1. The van der Waals surface area contributed by atoms with Crippen LogP contribution in [0.1, 0.15) is 22.8 Å². The number of hydrogen-bond acceptors (Lipinski definition) is 5. The third-order valence-electron chi connectivity index (χ3n) is 3.98. The van der Waals surface area contributed by atoms with E-state index in [-0.39, 0.29) is 5.97 Å². The highest BCUT2D eigenvalue weighted by Gasteiger charge is 2.19. The van der Waals surface area contributed by atoms with Crippen LogP contribution in [0.2, 0.25) is 5.15 Å². The van der Waals surface area contributed by atoms with Gasteiger partial charge in [0.2, 0.25) is 0 Å². The maximum absolute atomic E-state index is 12.2. The number of anilines is 1. The van der Waals surface area contributed by atoms with Crippen molar-refractivity contribution in [1.82, 2.24) is 14.4 Å². The Bertz CT molecular complexity index is 950. The second kappa shape index (κ2) is 6.72. The van der Waals surface area contributed by atoms with Gasteiger partial charge in [-0.1, -0.05) is 11.6 Å². The number of carbonyl (C=O) groups excluding carboxylic acids is 1. The summed E-state index contributed by atoms with van der Waals surface area (Å²) in [6.45, 7) is 3.88. The molecule has 7 heteroatoms. The summed E-state index contributed by atoms with van der Waals surface area (Å²) >= 11 is 6.45. The number of ether oxygens (including phenoxy) is 1. The fourth-order valence-corrected chi connectivity index (χ4v) is 2.88. The Kier molecular flexibility index (Phi) is 4.63. The predicted octanol–water partition coefficient (Wildman–Crippen LogP) is 3.60. The summed E-state index contributed by atoms with van der Waals surface area (Å²) in [5.74, 6) is 0.433. The first-order chi connectivity index (χ1) is 11.9. The van der Waals surface area contributed by atoms with Crippen LogP contribution in [0.15, 0.2) is 30.7 Å². The van der Waals surface area contributed by atoms with Gasteiger partial charge < -0.3 is 9.64 Å². The van der Waals surface area contributed by atoms with E-state index in [4.69, 9.17) is 16.3 Å². The summed E-state index contributed by atoms with van der Waals surface area (Å²) in [4.78, 5) is 23.0. The monoisotopic (exact) mass is 358 g/mol. The number of hydrogen-bond donors (Lipinski definition) is 0. The van der Waals surface area contributed by atoms with E-state index >= 15 is 0 Å². The maximum Gasteiger partial charge on any atom is 0.338 e. The summed E-state index contributed by atoms with van der Waals surface area (Å²) in [5.41, 5.74) is 3.49. The molecule has 0 saturated heterocycles. The van der Waals surface area contributed by atoms with Crippen molar-refractivity contribution < 1.29 is 9.53 Å². The Labute approximate surface area is 151 Å². The van der Waals surface area contributed by atoms with Crippen LogP contribution >= 0.6 is 11.6 Å². The Balaban J connectivity index is 2.21. The molecule has 25 heavy (non-hydrogen) atoms. The number of imidazole rings is 1. The van der Waals surface area contributed by atoms with Gasteiger partial charge in [0.1, 0.15) is 17.3 Å². The second-order valence-electron chi connectivity index (χ2n) is 5.84. The molecule has 3 heterocycles. The van der Waals surface area contributed by atoms with Gasteiger partial charge in [0.25, 0.3) is 0 Å². The van der Waals surface area contributed by atoms with Crippen molar-refractivity contribution in [1.29, 1.82) is 0 Å². The first-order valence-electron chi connectivity index (χ1n) is 7.91. The number of esters is 1. The van der Waals surface area contributed by atoms with Crippen molar-refractivity contribution in [2.45, 2.75) is 13.8 Å². The van der Waals surface area contributed by atoms with Gasteiger partial charge in [-0.05, 0) is 37.6 Å². The minimum atomic E-state index is -0.389. The molecular weight excluding hydrogens is 340 g/mol. The molecule has 0 spiro atoms. The van der Waals surface area contributed by atoms with E-state index in [0.29, 0.717) is 22.9 Å². The van der Waals surface area contributed by atoms with Gasteiger partial charge in [-0.25, -0.2) is 14.8 Å². The molecule has 0 radical (unpaired) electrons. The molecule has 3 aromatic heterocycles. The minimum Gasteiger partial charge on any atom is -0.462 e. The number of halogens is 1. The molecular formula is C18H19ClN4O2. The summed E-state index contributed by atoms with van der Waals surface area (Å²) in [7, 11) is 3.85. The van der Waals surface area contributed by atoms with E-state index in [1.165, 1.54) is 0 Å². The van der Waals surface area contributed by atoms with Crippen LogP contribution in [0.3, 0.4) is 0 Å². The van der Waals surface area contributed by atoms with Crippen molar-refractivity contribution in [2.75, 3.05) is 25.6 Å². The fourth-order valence-electron chi connectivity index (χ4n) is 2.64. The van der Waals surface area contributed by atoms with E-state index in [0.717, 1.165) is 22.6 Å². The lowest BCUT2D eigenvalue weighted by molar-refractivity contribution is 0.0525. The SMILES string of the molecule is CCOC(=O)c1cc2c(-c3ccnc(N(C)C)c3)ncn2c(Cl)c1C. The van der Waals surface area contributed by atoms with Crippen molar-refractivity contribution in [2.24, 2.45) is 0 Å². The smallest absolute Gasteiger partial charge is 0.338 e. The van der Waals surface area contributed by atoms with Crippen LogP contribution < -0.4 is 4.90 Å². The Morgan fingerprint density at radius 1 is 1.32 bits per heavy atom. The van der Waals surface area contributed by atoms with Gasteiger partial charge in [0, 0.05) is 25.9 Å². The molecule has 0 aromatic carbocycles. The molecule has 0 amide bonds. The number of nitrogens with zero attached hydrogens (tertiary/aromatic N) is 4. The summed E-state index contributed by atoms with van der Waals surface area (Å²) in [6, 6.07) is 5.60. The number of aromatic nitrogens is 3. The minimum absolute atomic E-state index is 0.309. The van der Waals surface area contributed by atoms with E-state index in [1.807, 2.05) is 31.1 Å². The largest absolute Gasteiger partial charge is 0.462 e. The van der Waals surface area contributed by atoms with E-state index < -0.39 is 0 Å². The molecule has 0 saturated carbocycles. The molecule has 3 rings (SSSR count). The zero-order valence-electron chi connectivity index (χ0n) is 14.6. The summed E-state index contributed by atoms with van der Waals surface area (Å²) in [6.07, 6.45) is 3.39. The molecule has 0 unspecified atom stereocenters. The molecule has 0 fully saturated rings. The third kappa shape index (κ3) is 3.05. The molecule has 0 aliphatic heterocycles. The topological polar surface area (TPSA) is 59.7 Å². The first kappa shape index (κ1) is 17.2. The molecule has 0 atom stereocenters. The second-order valence-corrected chi connectivity index (χ2v) is 6.20. The van der Waals surface area contributed by atoms with E-state index in [9.17, 15) is 4.79 Å². The first-order valence-corrected chi connectivity index (χ1v) is 8.28. The highest BCUT2D eigenvalue weighted by Crippen LogP contribution is 2.30. The molecule has 0 aliphatic rings. The Hall–Kier alpha value is -2.60. The predicted molar refractivity (Wildman–Crippen MR) is 98.5 cm³/mol. The zero-order valence-corrected chi connectivity index (χ0v) is 15.3. The highest BCUT2D eigenvalue weighted by atomic mass is 35.5. The van der Waals surface area contributed by atoms with Crippen molar-refractivity contribution in [3.63, 3.8) is 0 Å². The van der Waals surface area contributed by atoms with Gasteiger partial charge in [-0.3, -0.25) is 4.40 Å². The standard InChI is InChI=1S/C18H19ClN4O2/c1-5-25-18(24)13-9-14-16(21-10-23(14)17(19)11(13)2)12-6-7-20-15(8-12)22(3)4/h6-10H,5H2,1-4H3. The molecule has 3 aromatic rings. The van der Waals surface area contributed by atoms with Gasteiger partial charge in [-0.15, -0.1) is 0 Å². The Morgan fingerprint density at radius 2 is 2.08 bits per heavy atom. The quantitative estimate of drug-likeness (QED) is 0.526.